The summed E-state index contributed by atoms with van der Waals surface area (Å²) in [6.45, 7) is 5.90. The van der Waals surface area contributed by atoms with Crippen LogP contribution in [0.2, 0.25) is 0 Å². The molecule has 1 saturated carbocycles. The SMILES string of the molecule is Cc1ccc(NC(=O)C2(c3ccc4c(c3)OC(F)(F)O4)CC2)nc1-c1cccc(C(=O)NCCCNC(=O)CNCc2ccc(-c3c4ncn(CC5(O)CCN(C(=O)C[C@@H](C)c6ccccc6)CC5)c(=O)c4nn3C)cc2)c1. The number of carbonyl (C=O) groups is 4. The summed E-state index contributed by atoms with van der Waals surface area (Å²) in [4.78, 5) is 77.5. The first kappa shape index (κ1) is 53.1. The Morgan fingerprint density at radius 2 is 1.56 bits per heavy atom. The number of fused-ring (bicyclic) bond motifs is 2. The minimum absolute atomic E-state index is 0.0367. The standard InChI is InChI=1S/C58H60F2N10O8/c1-36-13-20-46(66-55(75)57(21-22-57)43-18-19-44-45(31-43)78-58(59,60)77-44)65-49(36)41-11-7-12-42(30-41)53(73)63-26-8-25-62-47(71)33-61-32-38-14-16-40(17-15-38)52-50-51(67-68(52)3)54(74)70(35-64-50)34-56(76)23-27-69(28-24-56)48(72)29-37(2)39-9-5-4-6-10-39/h4-7,9-20,30-31,35,37,61,76H,8,21-29,32-34H2,1-3H3,(H,62,71)(H,63,73)(H,65,66,75)/t37-/m1/s1. The zero-order valence-electron chi connectivity index (χ0n) is 43.5. The number of anilines is 1. The number of halogens is 2. The van der Waals surface area contributed by atoms with Gasteiger partial charge in [0.2, 0.25) is 17.7 Å². The third-order valence-corrected chi connectivity index (χ3v) is 14.9. The lowest BCUT2D eigenvalue weighted by Crippen LogP contribution is -2.49. The number of rotatable bonds is 19. The average Bonchev–Trinajstić information content (AvgIpc) is 4.17. The molecule has 4 aromatic carbocycles. The summed E-state index contributed by atoms with van der Waals surface area (Å²) in [5, 5.41) is 27.9. The lowest BCUT2D eigenvalue weighted by atomic mass is 9.90. The third kappa shape index (κ3) is 11.6. The number of carbonyl (C=O) groups excluding carboxylic acids is 4. The van der Waals surface area contributed by atoms with E-state index in [1.165, 1.54) is 23.0 Å². The van der Waals surface area contributed by atoms with Crippen molar-refractivity contribution in [2.75, 3.05) is 38.0 Å². The molecule has 10 rings (SSSR count). The van der Waals surface area contributed by atoms with Crippen molar-refractivity contribution in [3.63, 3.8) is 0 Å². The second-order valence-corrected chi connectivity index (χ2v) is 20.5. The average molecular weight is 1060 g/mol. The van der Waals surface area contributed by atoms with Gasteiger partial charge in [-0.25, -0.2) is 9.97 Å². The van der Waals surface area contributed by atoms with E-state index in [9.17, 15) is 37.9 Å². The van der Waals surface area contributed by atoms with E-state index < -0.39 is 17.3 Å². The molecule has 0 unspecified atom stereocenters. The van der Waals surface area contributed by atoms with Gasteiger partial charge in [-0.1, -0.05) is 85.8 Å². The van der Waals surface area contributed by atoms with Crippen LogP contribution in [-0.2, 0) is 39.9 Å². The molecule has 5 N–H and O–H groups in total. The van der Waals surface area contributed by atoms with Gasteiger partial charge in [-0.3, -0.25) is 33.2 Å². The van der Waals surface area contributed by atoms with Gasteiger partial charge in [-0.15, -0.1) is 8.78 Å². The molecule has 1 saturated heterocycles. The molecule has 2 fully saturated rings. The van der Waals surface area contributed by atoms with Gasteiger partial charge in [0.25, 0.3) is 11.5 Å². The molecule has 5 heterocycles. The number of aromatic nitrogens is 5. The van der Waals surface area contributed by atoms with Crippen molar-refractivity contribution in [2.45, 2.75) is 88.7 Å². The topological polar surface area (TPSA) is 224 Å². The number of piperidine rings is 1. The summed E-state index contributed by atoms with van der Waals surface area (Å²) in [7, 11) is 1.75. The quantitative estimate of drug-likeness (QED) is 0.0532. The minimum Gasteiger partial charge on any atom is -0.395 e. The highest BCUT2D eigenvalue weighted by molar-refractivity contribution is 6.01. The van der Waals surface area contributed by atoms with Crippen LogP contribution < -0.4 is 36.3 Å². The lowest BCUT2D eigenvalue weighted by Gasteiger charge is -2.38. The molecule has 7 aromatic rings. The number of ether oxygens (including phenoxy) is 2. The first-order chi connectivity index (χ1) is 37.5. The number of hydrogen-bond acceptors (Lipinski definition) is 12. The first-order valence-electron chi connectivity index (χ1n) is 26.1. The van der Waals surface area contributed by atoms with Crippen LogP contribution in [0, 0.1) is 6.92 Å². The Bertz CT molecular complexity index is 3460. The second kappa shape index (κ2) is 21.9. The fraction of sp³-hybridized carbons (Fsp3) is 0.345. The van der Waals surface area contributed by atoms with Crippen molar-refractivity contribution >= 4 is 40.5 Å². The highest BCUT2D eigenvalue weighted by Gasteiger charge is 2.53. The molecule has 0 bridgehead atoms. The molecular formula is C58H60F2N10O8. The van der Waals surface area contributed by atoms with Gasteiger partial charge in [0.05, 0.1) is 41.8 Å². The number of alkyl halides is 2. The zero-order valence-corrected chi connectivity index (χ0v) is 43.5. The molecule has 0 radical (unpaired) electrons. The Labute approximate surface area is 448 Å². The number of nitrogens with one attached hydrogen (secondary N) is 4. The predicted octanol–water partition coefficient (Wildman–Crippen LogP) is 6.73. The summed E-state index contributed by atoms with van der Waals surface area (Å²) in [6.07, 6.45) is 0.281. The van der Waals surface area contributed by atoms with Crippen LogP contribution in [-0.4, -0.2) is 103 Å². The minimum atomic E-state index is -3.76. The smallest absolute Gasteiger partial charge is 0.395 e. The van der Waals surface area contributed by atoms with E-state index >= 15 is 0 Å². The Morgan fingerprint density at radius 1 is 0.821 bits per heavy atom. The van der Waals surface area contributed by atoms with Crippen LogP contribution >= 0.6 is 0 Å². The molecule has 3 aliphatic rings. The largest absolute Gasteiger partial charge is 0.586 e. The number of likely N-dealkylation sites (tertiary alicyclic amines) is 1. The van der Waals surface area contributed by atoms with Gasteiger partial charge in [0.15, 0.2) is 17.0 Å². The van der Waals surface area contributed by atoms with Crippen LogP contribution in [0.1, 0.15) is 84.0 Å². The lowest BCUT2D eigenvalue weighted by molar-refractivity contribution is -0.286. The van der Waals surface area contributed by atoms with Gasteiger partial charge in [-0.05, 0) is 97.5 Å². The second-order valence-electron chi connectivity index (χ2n) is 20.5. The van der Waals surface area contributed by atoms with E-state index in [1.54, 1.807) is 47.0 Å². The number of benzene rings is 4. The van der Waals surface area contributed by atoms with Crippen molar-refractivity contribution in [2.24, 2.45) is 7.05 Å². The fourth-order valence-corrected chi connectivity index (χ4v) is 10.2. The molecule has 404 valence electrons. The van der Waals surface area contributed by atoms with Crippen LogP contribution in [0.5, 0.6) is 11.5 Å². The van der Waals surface area contributed by atoms with E-state index in [1.807, 2.05) is 80.6 Å². The van der Waals surface area contributed by atoms with Gasteiger partial charge in [0.1, 0.15) is 11.3 Å². The Balaban J connectivity index is 0.648. The molecule has 78 heavy (non-hydrogen) atoms. The van der Waals surface area contributed by atoms with E-state index in [-0.39, 0.29) is 65.2 Å². The van der Waals surface area contributed by atoms with E-state index in [2.05, 4.69) is 40.8 Å². The van der Waals surface area contributed by atoms with Crippen LogP contribution in [0.25, 0.3) is 33.5 Å². The Hall–Kier alpha value is -8.36. The van der Waals surface area contributed by atoms with Gasteiger partial charge >= 0.3 is 6.29 Å². The number of nitrogens with zero attached hydrogens (tertiary/aromatic N) is 6. The number of hydrogen-bond donors (Lipinski definition) is 5. The van der Waals surface area contributed by atoms with Crippen LogP contribution in [0.15, 0.2) is 120 Å². The summed E-state index contributed by atoms with van der Waals surface area (Å²) in [5.41, 5.74) is 4.67. The van der Waals surface area contributed by atoms with E-state index in [0.29, 0.717) is 111 Å². The predicted molar refractivity (Wildman–Crippen MR) is 287 cm³/mol. The van der Waals surface area contributed by atoms with Crippen molar-refractivity contribution in [3.05, 3.63) is 154 Å². The summed E-state index contributed by atoms with van der Waals surface area (Å²) in [5.74, 6) is -0.612. The summed E-state index contributed by atoms with van der Waals surface area (Å²) in [6, 6.07) is 32.5. The number of amides is 4. The maximum atomic E-state index is 13.7. The highest BCUT2D eigenvalue weighted by atomic mass is 19.3. The van der Waals surface area contributed by atoms with Crippen LogP contribution in [0.3, 0.4) is 0 Å². The molecule has 1 atom stereocenters. The molecule has 1 aliphatic carbocycles. The van der Waals surface area contributed by atoms with Crippen molar-refractivity contribution < 1.29 is 42.5 Å². The molecule has 4 amide bonds. The Morgan fingerprint density at radius 3 is 2.32 bits per heavy atom. The number of aliphatic hydroxyl groups is 1. The van der Waals surface area contributed by atoms with Crippen molar-refractivity contribution in [3.8, 4) is 34.0 Å². The molecule has 0 spiro atoms. The molecule has 18 nitrogen and oxygen atoms in total. The molecule has 3 aromatic heterocycles. The normalized spacial score (nSPS) is 16.1. The molecular weight excluding hydrogens is 1000 g/mol. The van der Waals surface area contributed by atoms with Gasteiger partial charge < -0.3 is 40.7 Å². The highest BCUT2D eigenvalue weighted by Crippen LogP contribution is 2.52. The Kier molecular flexibility index (Phi) is 14.9. The van der Waals surface area contributed by atoms with Gasteiger partial charge in [0, 0.05) is 62.9 Å². The molecule has 20 heteroatoms. The maximum Gasteiger partial charge on any atom is 0.586 e. The summed E-state index contributed by atoms with van der Waals surface area (Å²) >= 11 is 0. The van der Waals surface area contributed by atoms with Gasteiger partial charge in [-0.2, -0.15) is 5.10 Å². The zero-order chi connectivity index (χ0) is 54.8. The molecule has 2 aliphatic heterocycles. The van der Waals surface area contributed by atoms with E-state index in [0.717, 1.165) is 22.3 Å². The van der Waals surface area contributed by atoms with E-state index in [4.69, 9.17) is 4.98 Å². The third-order valence-electron chi connectivity index (χ3n) is 14.9. The monoisotopic (exact) mass is 1060 g/mol. The first-order valence-corrected chi connectivity index (χ1v) is 26.1. The van der Waals surface area contributed by atoms with Crippen molar-refractivity contribution in [1.82, 2.24) is 45.2 Å². The maximum absolute atomic E-state index is 13.7. The number of pyridine rings is 1. The summed E-state index contributed by atoms with van der Waals surface area (Å²) < 4.78 is 39.4. The fourth-order valence-electron chi connectivity index (χ4n) is 10.2. The number of aryl methyl sites for hydroxylation is 2. The van der Waals surface area contributed by atoms with Crippen molar-refractivity contribution in [1.29, 1.82) is 0 Å². The van der Waals surface area contributed by atoms with Crippen LogP contribution in [0.4, 0.5) is 14.6 Å².